The van der Waals surface area contributed by atoms with E-state index in [0.717, 1.165) is 54.5 Å². The Morgan fingerprint density at radius 2 is 1.72 bits per heavy atom. The highest BCUT2D eigenvalue weighted by atomic mass is 32.1. The van der Waals surface area contributed by atoms with Crippen LogP contribution in [-0.2, 0) is 17.8 Å². The van der Waals surface area contributed by atoms with Crippen molar-refractivity contribution in [3.8, 4) is 11.3 Å². The average Bonchev–Trinajstić information content (AvgIpc) is 3.23. The number of rotatable bonds is 6. The van der Waals surface area contributed by atoms with Crippen LogP contribution >= 0.6 is 11.3 Å². The molecule has 1 fully saturated rings. The van der Waals surface area contributed by atoms with Crippen molar-refractivity contribution in [2.24, 2.45) is 5.10 Å². The summed E-state index contributed by atoms with van der Waals surface area (Å²) in [5, 5.41) is 7.15. The van der Waals surface area contributed by atoms with Crippen LogP contribution in [0.25, 0.3) is 11.3 Å². The molecule has 1 aliphatic rings. The molecule has 1 N–H and O–H groups in total. The zero-order valence-corrected chi connectivity index (χ0v) is 17.1. The van der Waals surface area contributed by atoms with Crippen LogP contribution in [0.15, 0.2) is 71.1 Å². The number of hydrazone groups is 1. The highest BCUT2D eigenvalue weighted by Crippen LogP contribution is 2.21. The van der Waals surface area contributed by atoms with E-state index >= 15 is 0 Å². The van der Waals surface area contributed by atoms with E-state index in [1.165, 1.54) is 16.9 Å². The maximum atomic E-state index is 12.2. The SMILES string of the molecule is O=C(Cc1nc(-c2ccccc2)cs1)NN=C1CCN(Cc2ccccc2)CC1. The fourth-order valence-electron chi connectivity index (χ4n) is 3.37. The van der Waals surface area contributed by atoms with E-state index in [1.54, 1.807) is 0 Å². The molecule has 1 saturated heterocycles. The van der Waals surface area contributed by atoms with Gasteiger partial charge >= 0.3 is 0 Å². The molecule has 4 rings (SSSR count). The van der Waals surface area contributed by atoms with Gasteiger partial charge in [0.2, 0.25) is 5.91 Å². The average molecular weight is 405 g/mol. The zero-order chi connectivity index (χ0) is 19.9. The molecule has 0 bridgehead atoms. The van der Waals surface area contributed by atoms with Crippen molar-refractivity contribution >= 4 is 23.0 Å². The van der Waals surface area contributed by atoms with Crippen LogP contribution in [0.2, 0.25) is 0 Å². The second-order valence-electron chi connectivity index (χ2n) is 7.14. The molecule has 0 unspecified atom stereocenters. The standard InChI is InChI=1S/C23H24N4OS/c28-22(15-23-24-21(17-29-23)19-9-5-2-6-10-19)26-25-20-11-13-27(14-12-20)16-18-7-3-1-4-8-18/h1-10,17H,11-16H2,(H,26,28). The first kappa shape index (κ1) is 19.5. The van der Waals surface area contributed by atoms with Gasteiger partial charge in [0.05, 0.1) is 12.1 Å². The van der Waals surface area contributed by atoms with Gasteiger partial charge in [-0.2, -0.15) is 5.10 Å². The summed E-state index contributed by atoms with van der Waals surface area (Å²) in [5.74, 6) is -0.113. The number of nitrogens with one attached hydrogen (secondary N) is 1. The van der Waals surface area contributed by atoms with E-state index in [9.17, 15) is 4.79 Å². The summed E-state index contributed by atoms with van der Waals surface area (Å²) in [7, 11) is 0. The summed E-state index contributed by atoms with van der Waals surface area (Å²) in [6, 6.07) is 20.5. The molecule has 0 atom stereocenters. The van der Waals surface area contributed by atoms with Crippen molar-refractivity contribution in [3.63, 3.8) is 0 Å². The van der Waals surface area contributed by atoms with Crippen molar-refractivity contribution < 1.29 is 4.79 Å². The summed E-state index contributed by atoms with van der Waals surface area (Å²) in [5.41, 5.74) is 7.09. The number of piperidine rings is 1. The van der Waals surface area contributed by atoms with Crippen molar-refractivity contribution in [1.82, 2.24) is 15.3 Å². The van der Waals surface area contributed by atoms with Gasteiger partial charge in [0.25, 0.3) is 0 Å². The number of carbonyl (C=O) groups excluding carboxylic acids is 1. The van der Waals surface area contributed by atoms with E-state index in [2.05, 4.69) is 44.7 Å². The number of nitrogens with zero attached hydrogens (tertiary/aromatic N) is 3. The molecule has 29 heavy (non-hydrogen) atoms. The lowest BCUT2D eigenvalue weighted by Gasteiger charge is -2.27. The third kappa shape index (κ3) is 5.59. The van der Waals surface area contributed by atoms with Crippen molar-refractivity contribution in [2.75, 3.05) is 13.1 Å². The Bertz CT molecular complexity index is 959. The number of benzene rings is 2. The highest BCUT2D eigenvalue weighted by Gasteiger charge is 2.16. The number of hydrogen-bond acceptors (Lipinski definition) is 5. The lowest BCUT2D eigenvalue weighted by molar-refractivity contribution is -0.120. The molecular formula is C23H24N4OS. The maximum Gasteiger partial charge on any atom is 0.246 e. The summed E-state index contributed by atoms with van der Waals surface area (Å²) >= 11 is 1.51. The quantitative estimate of drug-likeness (QED) is 0.629. The van der Waals surface area contributed by atoms with Gasteiger partial charge in [0, 0.05) is 49.1 Å². The van der Waals surface area contributed by atoms with Crippen LogP contribution in [-0.4, -0.2) is 34.6 Å². The summed E-state index contributed by atoms with van der Waals surface area (Å²) in [4.78, 5) is 19.2. The third-order valence-electron chi connectivity index (χ3n) is 4.95. The molecule has 2 aromatic carbocycles. The van der Waals surface area contributed by atoms with Gasteiger partial charge in [-0.05, 0) is 5.56 Å². The Morgan fingerprint density at radius 3 is 2.45 bits per heavy atom. The number of thiazole rings is 1. The first-order valence-corrected chi connectivity index (χ1v) is 10.7. The fourth-order valence-corrected chi connectivity index (χ4v) is 4.18. The fraction of sp³-hybridized carbons (Fsp3) is 0.261. The Labute approximate surface area is 175 Å². The van der Waals surface area contributed by atoms with Crippen LogP contribution < -0.4 is 5.43 Å². The number of aromatic nitrogens is 1. The Hall–Kier alpha value is -2.83. The van der Waals surface area contributed by atoms with Gasteiger partial charge in [0.15, 0.2) is 0 Å². The Morgan fingerprint density at radius 1 is 1.03 bits per heavy atom. The molecule has 0 saturated carbocycles. The van der Waals surface area contributed by atoms with Crippen LogP contribution in [0.4, 0.5) is 0 Å². The van der Waals surface area contributed by atoms with Gasteiger partial charge in [-0.15, -0.1) is 11.3 Å². The van der Waals surface area contributed by atoms with Crippen LogP contribution in [0.1, 0.15) is 23.4 Å². The van der Waals surface area contributed by atoms with Gasteiger partial charge in [-0.25, -0.2) is 10.4 Å². The highest BCUT2D eigenvalue weighted by molar-refractivity contribution is 7.10. The molecule has 1 amide bonds. The molecule has 6 heteroatoms. The largest absolute Gasteiger partial charge is 0.298 e. The predicted octanol–water partition coefficient (Wildman–Crippen LogP) is 4.12. The van der Waals surface area contributed by atoms with E-state index in [1.807, 2.05) is 41.8 Å². The number of hydrogen-bond donors (Lipinski definition) is 1. The first-order chi connectivity index (χ1) is 14.3. The molecule has 5 nitrogen and oxygen atoms in total. The summed E-state index contributed by atoms with van der Waals surface area (Å²) in [6.45, 7) is 2.90. The predicted molar refractivity (Wildman–Crippen MR) is 118 cm³/mol. The topological polar surface area (TPSA) is 57.6 Å². The van der Waals surface area contributed by atoms with Gasteiger partial charge in [-0.1, -0.05) is 60.7 Å². The van der Waals surface area contributed by atoms with Crippen molar-refractivity contribution in [2.45, 2.75) is 25.8 Å². The molecule has 0 radical (unpaired) electrons. The first-order valence-electron chi connectivity index (χ1n) is 9.86. The molecule has 3 aromatic rings. The molecular weight excluding hydrogens is 380 g/mol. The van der Waals surface area contributed by atoms with Gasteiger partial charge in [-0.3, -0.25) is 9.69 Å². The zero-order valence-electron chi connectivity index (χ0n) is 16.3. The van der Waals surface area contributed by atoms with Crippen molar-refractivity contribution in [3.05, 3.63) is 76.6 Å². The Balaban J connectivity index is 1.24. The normalized spacial score (nSPS) is 14.6. The number of carbonyl (C=O) groups is 1. The van der Waals surface area contributed by atoms with E-state index < -0.39 is 0 Å². The molecule has 0 spiro atoms. The van der Waals surface area contributed by atoms with Crippen LogP contribution in [0.3, 0.4) is 0 Å². The molecule has 148 valence electrons. The van der Waals surface area contributed by atoms with E-state index in [-0.39, 0.29) is 12.3 Å². The van der Waals surface area contributed by atoms with Gasteiger partial charge in [0.1, 0.15) is 5.01 Å². The summed E-state index contributed by atoms with van der Waals surface area (Å²) in [6.07, 6.45) is 2.04. The van der Waals surface area contributed by atoms with E-state index in [0.29, 0.717) is 0 Å². The second kappa shape index (κ2) is 9.58. The maximum absolute atomic E-state index is 12.2. The molecule has 0 aliphatic carbocycles. The van der Waals surface area contributed by atoms with Crippen LogP contribution in [0, 0.1) is 0 Å². The van der Waals surface area contributed by atoms with Gasteiger partial charge < -0.3 is 0 Å². The summed E-state index contributed by atoms with van der Waals surface area (Å²) < 4.78 is 0. The minimum Gasteiger partial charge on any atom is -0.298 e. The minimum absolute atomic E-state index is 0.113. The van der Waals surface area contributed by atoms with Crippen molar-refractivity contribution in [1.29, 1.82) is 0 Å². The smallest absolute Gasteiger partial charge is 0.246 e. The lowest BCUT2D eigenvalue weighted by Crippen LogP contribution is -2.34. The van der Waals surface area contributed by atoms with Crippen LogP contribution in [0.5, 0.6) is 0 Å². The molecule has 2 heterocycles. The lowest BCUT2D eigenvalue weighted by atomic mass is 10.1. The minimum atomic E-state index is -0.113. The monoisotopic (exact) mass is 404 g/mol. The third-order valence-corrected chi connectivity index (χ3v) is 5.80. The second-order valence-corrected chi connectivity index (χ2v) is 8.09. The number of amides is 1. The van der Waals surface area contributed by atoms with E-state index in [4.69, 9.17) is 0 Å². The molecule has 1 aromatic heterocycles. The molecule has 1 aliphatic heterocycles. The Kier molecular flexibility index (Phi) is 6.44. The number of likely N-dealkylation sites (tertiary alicyclic amines) is 1.